The number of fused-ring (bicyclic) bond motifs is 1. The van der Waals surface area contributed by atoms with E-state index in [9.17, 15) is 19.2 Å². The summed E-state index contributed by atoms with van der Waals surface area (Å²) in [5.41, 5.74) is 4.60. The van der Waals surface area contributed by atoms with Crippen molar-refractivity contribution in [3.63, 3.8) is 0 Å². The molecule has 1 fully saturated rings. The van der Waals surface area contributed by atoms with Gasteiger partial charge in [-0.1, -0.05) is 37.1 Å². The summed E-state index contributed by atoms with van der Waals surface area (Å²) < 4.78 is 2.13. The highest BCUT2D eigenvalue weighted by Gasteiger charge is 2.23. The van der Waals surface area contributed by atoms with Gasteiger partial charge in [0.05, 0.1) is 0 Å². The van der Waals surface area contributed by atoms with Crippen LogP contribution in [0.1, 0.15) is 23.3 Å². The molecular formula is C16H22Br2N8O4. The summed E-state index contributed by atoms with van der Waals surface area (Å²) in [5.74, 6) is -0.399. The van der Waals surface area contributed by atoms with E-state index < -0.39 is 11.6 Å². The summed E-state index contributed by atoms with van der Waals surface area (Å²) in [7, 11) is 1.44. The zero-order valence-corrected chi connectivity index (χ0v) is 19.5. The molecule has 0 saturated carbocycles. The van der Waals surface area contributed by atoms with E-state index in [0.717, 1.165) is 9.08 Å². The third-order valence-electron chi connectivity index (χ3n) is 4.33. The molecule has 0 unspecified atom stereocenters. The van der Waals surface area contributed by atoms with Gasteiger partial charge in [0.1, 0.15) is 6.33 Å². The average molecular weight is 550 g/mol. The zero-order chi connectivity index (χ0) is 22.3. The summed E-state index contributed by atoms with van der Waals surface area (Å²) in [6, 6.07) is 0. The molecule has 3 heterocycles. The number of amides is 3. The number of aryl methyl sites for hydroxylation is 1. The Balaban J connectivity index is 0.000000215. The Morgan fingerprint density at radius 3 is 1.97 bits per heavy atom. The van der Waals surface area contributed by atoms with Crippen molar-refractivity contribution in [1.82, 2.24) is 34.2 Å². The normalized spacial score (nSPS) is 13.7. The van der Waals surface area contributed by atoms with Crippen molar-refractivity contribution >= 4 is 55.2 Å². The van der Waals surface area contributed by atoms with Gasteiger partial charge in [0, 0.05) is 56.7 Å². The highest BCUT2D eigenvalue weighted by atomic mass is 79.9. The Morgan fingerprint density at radius 2 is 1.53 bits per heavy atom. The van der Waals surface area contributed by atoms with Gasteiger partial charge in [-0.25, -0.2) is 14.2 Å². The third-order valence-corrected chi connectivity index (χ3v) is 5.13. The number of carbonyl (C=O) groups is 3. The predicted octanol–water partition coefficient (Wildman–Crippen LogP) is -0.851. The molecule has 2 aromatic heterocycles. The van der Waals surface area contributed by atoms with Crippen molar-refractivity contribution in [3.8, 4) is 0 Å². The van der Waals surface area contributed by atoms with E-state index >= 15 is 0 Å². The quantitative estimate of drug-likeness (QED) is 0.477. The maximum atomic E-state index is 11.6. The van der Waals surface area contributed by atoms with Crippen molar-refractivity contribution in [2.24, 2.45) is 12.8 Å². The van der Waals surface area contributed by atoms with E-state index in [1.54, 1.807) is 0 Å². The van der Waals surface area contributed by atoms with E-state index in [-0.39, 0.29) is 23.2 Å². The molecule has 1 aliphatic rings. The molecule has 0 aromatic carbocycles. The second kappa shape index (κ2) is 11.2. The van der Waals surface area contributed by atoms with Crippen LogP contribution in [-0.4, -0.2) is 88.7 Å². The lowest BCUT2D eigenvalue weighted by Crippen LogP contribution is -2.50. The Kier molecular flexibility index (Phi) is 8.89. The largest absolute Gasteiger partial charge is 0.364 e. The SMILES string of the molecule is Cn1nnc2c(C(N)=O)ncn2c1=O.O=C(CCBr)N1CCN(C(=O)CCBr)CC1. The van der Waals surface area contributed by atoms with Crippen LogP contribution in [-0.2, 0) is 16.6 Å². The summed E-state index contributed by atoms with van der Waals surface area (Å²) in [4.78, 5) is 52.7. The predicted molar refractivity (Wildman–Crippen MR) is 115 cm³/mol. The molecule has 1 saturated heterocycles. The maximum Gasteiger partial charge on any atom is 0.352 e. The Bertz CT molecular complexity index is 942. The molecule has 12 nitrogen and oxygen atoms in total. The Hall–Kier alpha value is -2.35. The lowest BCUT2D eigenvalue weighted by Gasteiger charge is -2.34. The number of nitrogens with zero attached hydrogens (tertiary/aromatic N) is 7. The van der Waals surface area contributed by atoms with E-state index in [1.165, 1.54) is 13.4 Å². The van der Waals surface area contributed by atoms with Gasteiger partial charge in [-0.15, -0.1) is 5.10 Å². The van der Waals surface area contributed by atoms with E-state index in [1.807, 2.05) is 9.80 Å². The standard InChI is InChI=1S/C10H16Br2N2O2.C6H6N6O2/c11-3-1-9(15)13-5-7-14(8-6-13)10(16)2-4-12;1-11-6(14)12-2-8-3(4(7)13)5(12)9-10-11/h1-8H2;2H,1H3,(H2,7,13). The van der Waals surface area contributed by atoms with Crippen molar-refractivity contribution in [1.29, 1.82) is 0 Å². The maximum absolute atomic E-state index is 11.6. The molecule has 0 spiro atoms. The molecule has 2 aromatic rings. The number of alkyl halides is 2. The van der Waals surface area contributed by atoms with Gasteiger partial charge in [0.15, 0.2) is 11.3 Å². The number of primary amides is 1. The molecule has 3 rings (SSSR count). The molecular weight excluding hydrogens is 528 g/mol. The summed E-state index contributed by atoms with van der Waals surface area (Å²) in [6.45, 7) is 2.67. The molecule has 0 atom stereocenters. The minimum atomic E-state index is -0.741. The van der Waals surface area contributed by atoms with Crippen LogP contribution in [0.25, 0.3) is 5.65 Å². The van der Waals surface area contributed by atoms with Crippen molar-refractivity contribution in [2.45, 2.75) is 12.8 Å². The Labute approximate surface area is 188 Å². The number of piperazine rings is 1. The molecule has 14 heteroatoms. The molecule has 30 heavy (non-hydrogen) atoms. The number of imidazole rings is 1. The van der Waals surface area contributed by atoms with E-state index in [2.05, 4.69) is 47.2 Å². The van der Waals surface area contributed by atoms with Crippen LogP contribution in [0.4, 0.5) is 0 Å². The summed E-state index contributed by atoms with van der Waals surface area (Å²) in [6.07, 6.45) is 2.26. The minimum Gasteiger partial charge on any atom is -0.364 e. The van der Waals surface area contributed by atoms with E-state index in [4.69, 9.17) is 5.73 Å². The van der Waals surface area contributed by atoms with Gasteiger partial charge in [-0.3, -0.25) is 14.4 Å². The number of aromatic nitrogens is 5. The molecule has 0 aliphatic carbocycles. The smallest absolute Gasteiger partial charge is 0.352 e. The van der Waals surface area contributed by atoms with Crippen LogP contribution in [0.5, 0.6) is 0 Å². The van der Waals surface area contributed by atoms with Gasteiger partial charge in [-0.2, -0.15) is 4.68 Å². The number of rotatable bonds is 5. The molecule has 2 N–H and O–H groups in total. The summed E-state index contributed by atoms with van der Waals surface area (Å²) >= 11 is 6.51. The lowest BCUT2D eigenvalue weighted by atomic mass is 10.2. The van der Waals surface area contributed by atoms with Gasteiger partial charge in [0.2, 0.25) is 11.8 Å². The molecule has 0 radical (unpaired) electrons. The van der Waals surface area contributed by atoms with Gasteiger partial charge in [0.25, 0.3) is 5.91 Å². The monoisotopic (exact) mass is 548 g/mol. The number of nitrogens with two attached hydrogens (primary N) is 1. The van der Waals surface area contributed by atoms with Crippen molar-refractivity contribution in [3.05, 3.63) is 22.5 Å². The van der Waals surface area contributed by atoms with Crippen LogP contribution in [0.3, 0.4) is 0 Å². The highest BCUT2D eigenvalue weighted by molar-refractivity contribution is 9.09. The first-order chi connectivity index (χ1) is 14.3. The fourth-order valence-electron chi connectivity index (χ4n) is 2.74. The number of hydrogen-bond donors (Lipinski definition) is 1. The van der Waals surface area contributed by atoms with Gasteiger partial charge in [-0.05, 0) is 0 Å². The highest BCUT2D eigenvalue weighted by Crippen LogP contribution is 2.07. The first kappa shape index (κ1) is 23.9. The summed E-state index contributed by atoms with van der Waals surface area (Å²) in [5, 5.41) is 8.55. The zero-order valence-electron chi connectivity index (χ0n) is 16.3. The van der Waals surface area contributed by atoms with Crippen LogP contribution in [0.15, 0.2) is 11.1 Å². The minimum absolute atomic E-state index is 0.0600. The fraction of sp³-hybridized carbons (Fsp3) is 0.562. The van der Waals surface area contributed by atoms with Crippen LogP contribution in [0, 0.1) is 0 Å². The Morgan fingerprint density at radius 1 is 1.03 bits per heavy atom. The van der Waals surface area contributed by atoms with Crippen LogP contribution < -0.4 is 11.4 Å². The molecule has 1 aliphatic heterocycles. The van der Waals surface area contributed by atoms with Gasteiger partial charge >= 0.3 is 5.69 Å². The van der Waals surface area contributed by atoms with E-state index in [0.29, 0.717) is 49.7 Å². The second-order valence-electron chi connectivity index (χ2n) is 6.29. The number of halogens is 2. The second-order valence-corrected chi connectivity index (χ2v) is 7.87. The van der Waals surface area contributed by atoms with Crippen LogP contribution in [0.2, 0.25) is 0 Å². The molecule has 3 amide bonds. The number of hydrogen-bond acceptors (Lipinski definition) is 7. The van der Waals surface area contributed by atoms with Crippen LogP contribution >= 0.6 is 31.9 Å². The van der Waals surface area contributed by atoms with Crippen molar-refractivity contribution in [2.75, 3.05) is 36.8 Å². The first-order valence-electron chi connectivity index (χ1n) is 9.04. The lowest BCUT2D eigenvalue weighted by molar-refractivity contribution is -0.139. The third kappa shape index (κ3) is 5.84. The van der Waals surface area contributed by atoms with Gasteiger partial charge < -0.3 is 15.5 Å². The topological polar surface area (TPSA) is 149 Å². The first-order valence-corrected chi connectivity index (χ1v) is 11.3. The number of carbonyl (C=O) groups excluding carboxylic acids is 3. The fourth-order valence-corrected chi connectivity index (χ4v) is 3.42. The van der Waals surface area contributed by atoms with Crippen molar-refractivity contribution < 1.29 is 14.4 Å². The molecule has 0 bridgehead atoms. The molecule has 164 valence electrons. The average Bonchev–Trinajstić information content (AvgIpc) is 3.17.